The molecule has 0 radical (unpaired) electrons. The summed E-state index contributed by atoms with van der Waals surface area (Å²) < 4.78 is 29.8. The zero-order chi connectivity index (χ0) is 23.0. The van der Waals surface area contributed by atoms with Gasteiger partial charge in [-0.2, -0.15) is 0 Å². The van der Waals surface area contributed by atoms with Crippen LogP contribution in [-0.2, 0) is 9.84 Å². The number of carbonyl (C=O) groups is 1. The second kappa shape index (κ2) is 8.57. The first-order valence-electron chi connectivity index (χ1n) is 9.00. The van der Waals surface area contributed by atoms with Crippen LogP contribution in [0.3, 0.4) is 0 Å². The molecule has 2 aromatic carbocycles. The molecule has 0 aliphatic rings. The van der Waals surface area contributed by atoms with Crippen LogP contribution < -0.4 is 10.9 Å². The van der Waals surface area contributed by atoms with Crippen LogP contribution in [0.4, 0.5) is 5.69 Å². The van der Waals surface area contributed by atoms with Gasteiger partial charge in [0, 0.05) is 27.4 Å². The van der Waals surface area contributed by atoms with Gasteiger partial charge in [-0.25, -0.2) is 13.2 Å². The van der Waals surface area contributed by atoms with Crippen molar-refractivity contribution in [1.29, 1.82) is 0 Å². The van der Waals surface area contributed by atoms with Gasteiger partial charge < -0.3 is 9.73 Å². The largest absolute Gasteiger partial charge is 0.421 e. The smallest absolute Gasteiger partial charge is 0.349 e. The van der Waals surface area contributed by atoms with Gasteiger partial charge >= 0.3 is 5.63 Å². The molecular formula is C21H13Br2N3O5S. The molecule has 162 valence electrons. The average molecular weight is 579 g/mol. The molecule has 2 heterocycles. The third kappa shape index (κ3) is 4.64. The molecule has 8 nitrogen and oxygen atoms in total. The minimum Gasteiger partial charge on any atom is -0.421 e. The zero-order valence-corrected chi connectivity index (χ0v) is 20.3. The van der Waals surface area contributed by atoms with E-state index in [-0.39, 0.29) is 10.6 Å². The van der Waals surface area contributed by atoms with E-state index in [1.807, 2.05) is 0 Å². The lowest BCUT2D eigenvalue weighted by Crippen LogP contribution is -2.20. The topological polar surface area (TPSA) is 119 Å². The van der Waals surface area contributed by atoms with Gasteiger partial charge in [-0.05, 0) is 58.4 Å². The molecule has 0 atom stereocenters. The number of hydrogen-bond acceptors (Lipinski definition) is 7. The number of halogens is 2. The van der Waals surface area contributed by atoms with Gasteiger partial charge in [0.25, 0.3) is 5.91 Å². The quantitative estimate of drug-likeness (QED) is 0.356. The van der Waals surface area contributed by atoms with Gasteiger partial charge in [0.15, 0.2) is 20.4 Å². The Hall–Kier alpha value is -2.89. The first kappa shape index (κ1) is 22.3. The number of hydrogen-bond donors (Lipinski definition) is 1. The van der Waals surface area contributed by atoms with Crippen LogP contribution in [0.2, 0.25) is 0 Å². The summed E-state index contributed by atoms with van der Waals surface area (Å²) in [6.45, 7) is 0. The number of carbonyl (C=O) groups excluding carboxylic acids is 1. The summed E-state index contributed by atoms with van der Waals surface area (Å²) >= 11 is 6.70. The molecule has 11 heteroatoms. The van der Waals surface area contributed by atoms with Crippen molar-refractivity contribution in [2.24, 2.45) is 0 Å². The van der Waals surface area contributed by atoms with Gasteiger partial charge in [-0.15, -0.1) is 10.2 Å². The van der Waals surface area contributed by atoms with Gasteiger partial charge in [0.2, 0.25) is 0 Å². The number of amides is 1. The lowest BCUT2D eigenvalue weighted by molar-refractivity contribution is 0.102. The van der Waals surface area contributed by atoms with Crippen molar-refractivity contribution < 1.29 is 17.6 Å². The second-order valence-corrected chi connectivity index (χ2v) is 10.6. The van der Waals surface area contributed by atoms with Gasteiger partial charge in [0.1, 0.15) is 5.56 Å². The Morgan fingerprint density at radius 2 is 1.81 bits per heavy atom. The number of anilines is 1. The second-order valence-electron chi connectivity index (χ2n) is 6.82. The van der Waals surface area contributed by atoms with E-state index < -0.39 is 21.4 Å². The molecule has 0 bridgehead atoms. The number of nitrogens with one attached hydrogen (secondary N) is 1. The number of rotatable bonds is 4. The van der Waals surface area contributed by atoms with E-state index in [1.165, 1.54) is 18.2 Å². The van der Waals surface area contributed by atoms with Crippen molar-refractivity contribution in [3.63, 3.8) is 0 Å². The Kier molecular flexibility index (Phi) is 5.97. The highest BCUT2D eigenvalue weighted by atomic mass is 79.9. The van der Waals surface area contributed by atoms with Crippen LogP contribution in [0.25, 0.3) is 22.2 Å². The molecule has 1 amide bonds. The number of sulfone groups is 1. The highest BCUT2D eigenvalue weighted by Gasteiger charge is 2.16. The lowest BCUT2D eigenvalue weighted by atomic mass is 10.1. The standard InChI is InChI=1S/C21H13Br2N3O5S/c1-32(29,30)18-6-5-17(25-26-18)11-3-2-4-14(8-11)24-20(27)15-9-12-7-13(22)10-16(23)19(12)31-21(15)28/h2-10H,1H3,(H,24,27). The lowest BCUT2D eigenvalue weighted by Gasteiger charge is -2.08. The highest BCUT2D eigenvalue weighted by Crippen LogP contribution is 2.28. The molecule has 0 saturated carbocycles. The van der Waals surface area contributed by atoms with Gasteiger partial charge in [0.05, 0.1) is 10.2 Å². The summed E-state index contributed by atoms with van der Waals surface area (Å²) in [5, 5.41) is 10.8. The van der Waals surface area contributed by atoms with Crippen LogP contribution in [0, 0.1) is 0 Å². The van der Waals surface area contributed by atoms with Crippen molar-refractivity contribution in [3.8, 4) is 11.3 Å². The monoisotopic (exact) mass is 577 g/mol. The molecule has 0 saturated heterocycles. The van der Waals surface area contributed by atoms with Crippen LogP contribution in [0.15, 0.2) is 77.8 Å². The Morgan fingerprint density at radius 3 is 2.50 bits per heavy atom. The molecule has 4 rings (SSSR count). The zero-order valence-electron chi connectivity index (χ0n) is 16.3. The summed E-state index contributed by atoms with van der Waals surface area (Å²) in [7, 11) is -3.46. The van der Waals surface area contributed by atoms with E-state index in [4.69, 9.17) is 4.42 Å². The SMILES string of the molecule is CS(=O)(=O)c1ccc(-c2cccc(NC(=O)c3cc4cc(Br)cc(Br)c4oc3=O)c2)nn1. The fraction of sp³-hybridized carbons (Fsp3) is 0.0476. The first-order valence-corrected chi connectivity index (χ1v) is 12.5. The Balaban J connectivity index is 1.63. The molecule has 0 spiro atoms. The summed E-state index contributed by atoms with van der Waals surface area (Å²) in [4.78, 5) is 25.1. The van der Waals surface area contributed by atoms with Crippen molar-refractivity contribution in [2.45, 2.75) is 5.03 Å². The first-order chi connectivity index (χ1) is 15.1. The molecule has 32 heavy (non-hydrogen) atoms. The van der Waals surface area contributed by atoms with E-state index in [0.717, 1.165) is 10.7 Å². The minimum atomic E-state index is -3.46. The maximum atomic E-state index is 12.8. The third-order valence-electron chi connectivity index (χ3n) is 4.43. The predicted octanol–water partition coefficient (Wildman–Crippen LogP) is 4.43. The molecule has 0 aliphatic carbocycles. The van der Waals surface area contributed by atoms with Crippen LogP contribution in [-0.4, -0.2) is 30.8 Å². The highest BCUT2D eigenvalue weighted by molar-refractivity contribution is 9.11. The number of aromatic nitrogens is 2. The number of benzene rings is 2. The number of fused-ring (bicyclic) bond motifs is 1. The minimum absolute atomic E-state index is 0.132. The summed E-state index contributed by atoms with van der Waals surface area (Å²) in [6.07, 6.45) is 1.05. The van der Waals surface area contributed by atoms with E-state index >= 15 is 0 Å². The van der Waals surface area contributed by atoms with E-state index in [1.54, 1.807) is 36.4 Å². The Morgan fingerprint density at radius 1 is 1.03 bits per heavy atom. The van der Waals surface area contributed by atoms with E-state index in [0.29, 0.717) is 32.4 Å². The molecule has 0 fully saturated rings. The van der Waals surface area contributed by atoms with Crippen LogP contribution >= 0.6 is 31.9 Å². The Labute approximate surface area is 198 Å². The van der Waals surface area contributed by atoms with Crippen molar-refractivity contribution in [2.75, 3.05) is 11.6 Å². The fourth-order valence-corrected chi connectivity index (χ4v) is 4.79. The van der Waals surface area contributed by atoms with Crippen molar-refractivity contribution in [3.05, 3.63) is 79.5 Å². The summed E-state index contributed by atoms with van der Waals surface area (Å²) in [6, 6.07) is 14.5. The molecule has 0 aliphatic heterocycles. The van der Waals surface area contributed by atoms with Crippen LogP contribution in [0.1, 0.15) is 10.4 Å². The number of nitrogens with zero attached hydrogens (tertiary/aromatic N) is 2. The molecule has 4 aromatic rings. The van der Waals surface area contributed by atoms with Crippen molar-refractivity contribution in [1.82, 2.24) is 10.2 Å². The summed E-state index contributed by atoms with van der Waals surface area (Å²) in [5.41, 5.74) is 0.869. The maximum Gasteiger partial charge on any atom is 0.349 e. The predicted molar refractivity (Wildman–Crippen MR) is 126 cm³/mol. The third-order valence-corrected chi connectivity index (χ3v) is 6.46. The molecule has 1 N–H and O–H groups in total. The van der Waals surface area contributed by atoms with E-state index in [2.05, 4.69) is 47.4 Å². The molecule has 2 aromatic heterocycles. The average Bonchev–Trinajstić information content (AvgIpc) is 2.73. The molecular weight excluding hydrogens is 566 g/mol. The van der Waals surface area contributed by atoms with Crippen molar-refractivity contribution >= 4 is 64.3 Å². The van der Waals surface area contributed by atoms with Gasteiger partial charge in [-0.3, -0.25) is 4.79 Å². The fourth-order valence-electron chi connectivity index (χ4n) is 2.94. The Bertz CT molecular complexity index is 1530. The maximum absolute atomic E-state index is 12.8. The normalized spacial score (nSPS) is 11.5. The van der Waals surface area contributed by atoms with Crippen LogP contribution in [0.5, 0.6) is 0 Å². The molecule has 0 unspecified atom stereocenters. The van der Waals surface area contributed by atoms with Gasteiger partial charge in [-0.1, -0.05) is 28.1 Å². The van der Waals surface area contributed by atoms with E-state index in [9.17, 15) is 18.0 Å². The summed E-state index contributed by atoms with van der Waals surface area (Å²) in [5.74, 6) is -0.632.